The number of pyridine rings is 1. The minimum atomic E-state index is -0.639. The lowest BCUT2D eigenvalue weighted by molar-refractivity contribution is -0.146. The molecule has 4 rings (SSSR count). The van der Waals surface area contributed by atoms with Crippen molar-refractivity contribution in [1.29, 1.82) is 0 Å². The smallest absolute Gasteiger partial charge is 0.328 e. The Bertz CT molecular complexity index is 1090. The monoisotopic (exact) mass is 374 g/mol. The molecule has 3 aromatic rings. The molecule has 28 heavy (non-hydrogen) atoms. The van der Waals surface area contributed by atoms with Crippen LogP contribution in [0.2, 0.25) is 0 Å². The fourth-order valence-electron chi connectivity index (χ4n) is 3.85. The standard InChI is InChI=1S/C23H22N2O3/c1-14-8-9-20-18(10-14)11-19(15(2)24-20)22(26)25-13-17-7-5-4-6-16(17)12-21(25)23(27)28-3/h4-11,21H,12-13H2,1-3H3. The van der Waals surface area contributed by atoms with E-state index in [1.54, 1.807) is 4.90 Å². The first kappa shape index (κ1) is 18.2. The molecule has 0 saturated heterocycles. The van der Waals surface area contributed by atoms with Gasteiger partial charge in [0.1, 0.15) is 6.04 Å². The summed E-state index contributed by atoms with van der Waals surface area (Å²) in [6.45, 7) is 4.22. The van der Waals surface area contributed by atoms with Crippen LogP contribution in [0, 0.1) is 13.8 Å². The minimum Gasteiger partial charge on any atom is -0.467 e. The second kappa shape index (κ2) is 7.08. The summed E-state index contributed by atoms with van der Waals surface area (Å²) in [7, 11) is 1.36. The zero-order valence-corrected chi connectivity index (χ0v) is 16.2. The van der Waals surface area contributed by atoms with Crippen LogP contribution in [0.15, 0.2) is 48.5 Å². The van der Waals surface area contributed by atoms with E-state index < -0.39 is 12.0 Å². The molecule has 5 nitrogen and oxygen atoms in total. The third-order valence-corrected chi connectivity index (χ3v) is 5.37. The van der Waals surface area contributed by atoms with Crippen LogP contribution in [0.3, 0.4) is 0 Å². The Kier molecular flexibility index (Phi) is 4.59. The predicted octanol–water partition coefficient (Wildman–Crippen LogP) is 3.59. The van der Waals surface area contributed by atoms with Gasteiger partial charge in [0.05, 0.1) is 23.9 Å². The first-order valence-corrected chi connectivity index (χ1v) is 9.31. The van der Waals surface area contributed by atoms with E-state index in [-0.39, 0.29) is 5.91 Å². The van der Waals surface area contributed by atoms with Crippen molar-refractivity contribution >= 4 is 22.8 Å². The molecular formula is C23H22N2O3. The van der Waals surface area contributed by atoms with Crippen LogP contribution in [0.25, 0.3) is 10.9 Å². The molecule has 0 fully saturated rings. The van der Waals surface area contributed by atoms with E-state index >= 15 is 0 Å². The second-order valence-corrected chi connectivity index (χ2v) is 7.26. The molecule has 1 unspecified atom stereocenters. The number of hydrogen-bond donors (Lipinski definition) is 0. The molecule has 0 bridgehead atoms. The zero-order chi connectivity index (χ0) is 19.8. The number of methoxy groups -OCH3 is 1. The number of fused-ring (bicyclic) bond motifs is 2. The number of amides is 1. The Morgan fingerprint density at radius 2 is 1.82 bits per heavy atom. The number of carbonyl (C=O) groups is 2. The van der Waals surface area contributed by atoms with Crippen molar-refractivity contribution in [3.8, 4) is 0 Å². The summed E-state index contributed by atoms with van der Waals surface area (Å²) in [6, 6.07) is 15.1. The van der Waals surface area contributed by atoms with Crippen molar-refractivity contribution in [3.05, 3.63) is 76.5 Å². The number of aryl methyl sites for hydroxylation is 2. The molecular weight excluding hydrogens is 352 g/mol. The van der Waals surface area contributed by atoms with Gasteiger partial charge in [-0.25, -0.2) is 4.79 Å². The zero-order valence-electron chi connectivity index (χ0n) is 16.2. The van der Waals surface area contributed by atoms with Gasteiger partial charge in [0.2, 0.25) is 0 Å². The Hall–Kier alpha value is -3.21. The quantitative estimate of drug-likeness (QED) is 0.643. The van der Waals surface area contributed by atoms with Gasteiger partial charge in [-0.15, -0.1) is 0 Å². The fourth-order valence-corrected chi connectivity index (χ4v) is 3.85. The van der Waals surface area contributed by atoms with Crippen LogP contribution in [-0.2, 0) is 22.5 Å². The molecule has 0 radical (unpaired) electrons. The number of rotatable bonds is 2. The van der Waals surface area contributed by atoms with Crippen LogP contribution in [0.5, 0.6) is 0 Å². The average molecular weight is 374 g/mol. The summed E-state index contributed by atoms with van der Waals surface area (Å²) in [5.74, 6) is -0.594. The molecule has 1 aliphatic rings. The molecule has 1 aromatic heterocycles. The molecule has 1 amide bonds. The molecule has 2 heterocycles. The molecule has 142 valence electrons. The van der Waals surface area contributed by atoms with Crippen molar-refractivity contribution < 1.29 is 14.3 Å². The highest BCUT2D eigenvalue weighted by Crippen LogP contribution is 2.27. The highest BCUT2D eigenvalue weighted by atomic mass is 16.5. The van der Waals surface area contributed by atoms with Crippen molar-refractivity contribution in [2.75, 3.05) is 7.11 Å². The average Bonchev–Trinajstić information content (AvgIpc) is 2.71. The van der Waals surface area contributed by atoms with Crippen molar-refractivity contribution in [1.82, 2.24) is 9.88 Å². The second-order valence-electron chi connectivity index (χ2n) is 7.26. The first-order chi connectivity index (χ1) is 13.5. The van der Waals surface area contributed by atoms with Gasteiger partial charge in [-0.3, -0.25) is 9.78 Å². The van der Waals surface area contributed by atoms with Crippen LogP contribution >= 0.6 is 0 Å². The molecule has 0 N–H and O–H groups in total. The van der Waals surface area contributed by atoms with Gasteiger partial charge >= 0.3 is 5.97 Å². The lowest BCUT2D eigenvalue weighted by atomic mass is 9.93. The van der Waals surface area contributed by atoms with E-state index in [4.69, 9.17) is 4.74 Å². The lowest BCUT2D eigenvalue weighted by Gasteiger charge is -2.35. The molecule has 1 atom stereocenters. The van der Waals surface area contributed by atoms with Gasteiger partial charge < -0.3 is 9.64 Å². The lowest BCUT2D eigenvalue weighted by Crippen LogP contribution is -2.49. The highest BCUT2D eigenvalue weighted by Gasteiger charge is 2.36. The number of ether oxygens (including phenoxy) is 1. The van der Waals surface area contributed by atoms with Crippen LogP contribution in [-0.4, -0.2) is 34.9 Å². The third-order valence-electron chi connectivity index (χ3n) is 5.37. The minimum absolute atomic E-state index is 0.196. The van der Waals surface area contributed by atoms with Gasteiger partial charge in [-0.05, 0) is 43.2 Å². The van der Waals surface area contributed by atoms with E-state index in [9.17, 15) is 9.59 Å². The Balaban J connectivity index is 1.78. The summed E-state index contributed by atoms with van der Waals surface area (Å²) in [5.41, 5.74) is 5.27. The van der Waals surface area contributed by atoms with Gasteiger partial charge in [-0.2, -0.15) is 0 Å². The summed E-state index contributed by atoms with van der Waals surface area (Å²) < 4.78 is 4.99. The number of aromatic nitrogens is 1. The number of hydrogen-bond acceptors (Lipinski definition) is 4. The van der Waals surface area contributed by atoms with Crippen LogP contribution in [0.4, 0.5) is 0 Å². The van der Waals surface area contributed by atoms with Gasteiger partial charge in [0, 0.05) is 18.4 Å². The maximum atomic E-state index is 13.5. The molecule has 0 spiro atoms. The highest BCUT2D eigenvalue weighted by molar-refractivity contribution is 6.00. The summed E-state index contributed by atoms with van der Waals surface area (Å²) in [4.78, 5) is 32.1. The fraction of sp³-hybridized carbons (Fsp3) is 0.261. The molecule has 0 saturated carbocycles. The summed E-state index contributed by atoms with van der Waals surface area (Å²) in [6.07, 6.45) is 0.452. The number of carbonyl (C=O) groups excluding carboxylic acids is 2. The van der Waals surface area contributed by atoms with E-state index in [1.807, 2.05) is 62.4 Å². The SMILES string of the molecule is COC(=O)C1Cc2ccccc2CN1C(=O)c1cc2cc(C)ccc2nc1C. The topological polar surface area (TPSA) is 59.5 Å². The van der Waals surface area contributed by atoms with E-state index in [1.165, 1.54) is 7.11 Å². The third kappa shape index (κ3) is 3.13. The van der Waals surface area contributed by atoms with Crippen LogP contribution < -0.4 is 0 Å². The maximum absolute atomic E-state index is 13.5. The summed E-state index contributed by atoms with van der Waals surface area (Å²) in [5, 5.41) is 0.918. The van der Waals surface area contributed by atoms with E-state index in [0.29, 0.717) is 24.2 Å². The Labute approximate surface area is 163 Å². The Morgan fingerprint density at radius 3 is 2.57 bits per heavy atom. The largest absolute Gasteiger partial charge is 0.467 e. The predicted molar refractivity (Wildman–Crippen MR) is 107 cm³/mol. The van der Waals surface area contributed by atoms with Gasteiger partial charge in [-0.1, -0.05) is 35.9 Å². The number of esters is 1. The molecule has 5 heteroatoms. The normalized spacial score (nSPS) is 16.0. The maximum Gasteiger partial charge on any atom is 0.328 e. The van der Waals surface area contributed by atoms with Crippen molar-refractivity contribution in [2.24, 2.45) is 0 Å². The van der Waals surface area contributed by atoms with E-state index in [0.717, 1.165) is 27.6 Å². The van der Waals surface area contributed by atoms with Gasteiger partial charge in [0.15, 0.2) is 0 Å². The van der Waals surface area contributed by atoms with Crippen molar-refractivity contribution in [2.45, 2.75) is 32.9 Å². The molecule has 0 aliphatic carbocycles. The summed E-state index contributed by atoms with van der Waals surface area (Å²) >= 11 is 0. The molecule has 1 aliphatic heterocycles. The van der Waals surface area contributed by atoms with Gasteiger partial charge in [0.25, 0.3) is 5.91 Å². The first-order valence-electron chi connectivity index (χ1n) is 9.31. The Morgan fingerprint density at radius 1 is 1.07 bits per heavy atom. The number of nitrogens with zero attached hydrogens (tertiary/aromatic N) is 2. The molecule has 2 aromatic carbocycles. The van der Waals surface area contributed by atoms with Crippen molar-refractivity contribution in [3.63, 3.8) is 0 Å². The number of benzene rings is 2. The van der Waals surface area contributed by atoms with E-state index in [2.05, 4.69) is 4.98 Å². The van der Waals surface area contributed by atoms with Crippen LogP contribution in [0.1, 0.15) is 32.7 Å².